The molecule has 0 radical (unpaired) electrons. The summed E-state index contributed by atoms with van der Waals surface area (Å²) in [5.74, 6) is -1.26. The van der Waals surface area contributed by atoms with Crippen LogP contribution < -0.4 is 0 Å². The smallest absolute Gasteiger partial charge is 0.256 e. The van der Waals surface area contributed by atoms with Crippen LogP contribution in [0, 0.1) is 5.82 Å². The summed E-state index contributed by atoms with van der Waals surface area (Å²) in [6.45, 7) is 1.04. The topological polar surface area (TPSA) is 40.5 Å². The molecule has 1 aliphatic heterocycles. The summed E-state index contributed by atoms with van der Waals surface area (Å²) >= 11 is 5.98. The van der Waals surface area contributed by atoms with Gasteiger partial charge in [-0.3, -0.25) is 4.79 Å². The zero-order chi connectivity index (χ0) is 12.4. The molecule has 5 heteroatoms. The Morgan fingerprint density at radius 2 is 2.29 bits per heavy atom. The van der Waals surface area contributed by atoms with Crippen molar-refractivity contribution >= 4 is 17.5 Å². The number of hydrogen-bond acceptors (Lipinski definition) is 2. The number of likely N-dealkylation sites (tertiary alicyclic amines) is 1. The summed E-state index contributed by atoms with van der Waals surface area (Å²) in [4.78, 5) is 13.6. The lowest BCUT2D eigenvalue weighted by atomic mass is 10.1. The lowest BCUT2D eigenvalue weighted by Gasteiger charge is -2.29. The van der Waals surface area contributed by atoms with E-state index < -0.39 is 5.82 Å². The van der Waals surface area contributed by atoms with Crippen molar-refractivity contribution in [2.45, 2.75) is 18.2 Å². The van der Waals surface area contributed by atoms with E-state index in [2.05, 4.69) is 0 Å². The number of carbonyl (C=O) groups excluding carboxylic acids is 1. The summed E-state index contributed by atoms with van der Waals surface area (Å²) in [6, 6.07) is 3.54. The summed E-state index contributed by atoms with van der Waals surface area (Å²) in [5, 5.41) is 9.02. The number of alkyl halides is 1. The van der Waals surface area contributed by atoms with Crippen LogP contribution in [0.25, 0.3) is 0 Å². The largest absolute Gasteiger partial charge is 0.508 e. The van der Waals surface area contributed by atoms with E-state index in [0.29, 0.717) is 13.1 Å². The number of nitrogens with zero attached hydrogens (tertiary/aromatic N) is 1. The second-order valence-electron chi connectivity index (χ2n) is 4.15. The van der Waals surface area contributed by atoms with E-state index in [4.69, 9.17) is 16.7 Å². The molecule has 1 amide bonds. The minimum absolute atomic E-state index is 0.0198. The van der Waals surface area contributed by atoms with Crippen molar-refractivity contribution in [3.8, 4) is 5.75 Å². The Bertz CT molecular complexity index is 439. The van der Waals surface area contributed by atoms with Crippen molar-refractivity contribution in [1.82, 2.24) is 4.90 Å². The lowest BCUT2D eigenvalue weighted by molar-refractivity contribution is 0.0722. The molecule has 1 aromatic rings. The van der Waals surface area contributed by atoms with Gasteiger partial charge >= 0.3 is 0 Å². The average Bonchev–Trinajstić information content (AvgIpc) is 2.28. The number of hydrogen-bond donors (Lipinski definition) is 1. The van der Waals surface area contributed by atoms with Crippen molar-refractivity contribution in [2.24, 2.45) is 0 Å². The fraction of sp³-hybridized carbons (Fsp3) is 0.417. The number of amides is 1. The van der Waals surface area contributed by atoms with Gasteiger partial charge in [-0.2, -0.15) is 0 Å². The number of carbonyl (C=O) groups is 1. The number of halogens is 2. The van der Waals surface area contributed by atoms with Crippen LogP contribution in [0.15, 0.2) is 18.2 Å². The van der Waals surface area contributed by atoms with Gasteiger partial charge in [0.1, 0.15) is 11.6 Å². The molecule has 1 aliphatic rings. The van der Waals surface area contributed by atoms with E-state index in [1.165, 1.54) is 12.1 Å². The predicted molar refractivity (Wildman–Crippen MR) is 62.8 cm³/mol. The molecule has 1 aromatic carbocycles. The molecule has 0 saturated carbocycles. The number of phenolic OH excluding ortho intramolecular Hbond substituents is 1. The van der Waals surface area contributed by atoms with E-state index in [0.717, 1.165) is 18.9 Å². The molecule has 2 rings (SSSR count). The highest BCUT2D eigenvalue weighted by molar-refractivity contribution is 6.21. The van der Waals surface area contributed by atoms with E-state index in [1.54, 1.807) is 4.90 Å². The Morgan fingerprint density at radius 1 is 1.53 bits per heavy atom. The molecule has 1 N–H and O–H groups in total. The minimum Gasteiger partial charge on any atom is -0.508 e. The third kappa shape index (κ3) is 2.69. The highest BCUT2D eigenvalue weighted by Gasteiger charge is 2.24. The van der Waals surface area contributed by atoms with Crippen LogP contribution in [0.3, 0.4) is 0 Å². The summed E-state index contributed by atoms with van der Waals surface area (Å²) in [5.41, 5.74) is -0.0198. The van der Waals surface area contributed by atoms with Gasteiger partial charge in [-0.25, -0.2) is 4.39 Å². The summed E-state index contributed by atoms with van der Waals surface area (Å²) in [6.07, 6.45) is 1.71. The Morgan fingerprint density at radius 3 is 2.94 bits per heavy atom. The minimum atomic E-state index is -0.702. The molecule has 0 aromatic heterocycles. The van der Waals surface area contributed by atoms with Crippen LogP contribution in [-0.2, 0) is 0 Å². The van der Waals surface area contributed by atoms with Crippen LogP contribution in [-0.4, -0.2) is 34.4 Å². The quantitative estimate of drug-likeness (QED) is 0.785. The molecule has 1 saturated heterocycles. The molecule has 1 unspecified atom stereocenters. The first-order valence-electron chi connectivity index (χ1n) is 5.50. The Labute approximate surface area is 104 Å². The molecular weight excluding hydrogens is 245 g/mol. The molecule has 0 aliphatic carbocycles. The standard InChI is InChI=1S/C12H13ClFNO2/c13-8-2-1-5-15(7-8)12(17)10-4-3-9(16)6-11(10)14/h3-4,6,8,16H,1-2,5,7H2. The Hall–Kier alpha value is -1.29. The van der Waals surface area contributed by atoms with Crippen molar-refractivity contribution in [3.05, 3.63) is 29.6 Å². The van der Waals surface area contributed by atoms with Crippen molar-refractivity contribution in [2.75, 3.05) is 13.1 Å². The number of benzene rings is 1. The fourth-order valence-electron chi connectivity index (χ4n) is 1.96. The van der Waals surface area contributed by atoms with Gasteiger partial charge in [0.15, 0.2) is 0 Å². The number of aromatic hydroxyl groups is 1. The van der Waals surface area contributed by atoms with Crippen LogP contribution in [0.5, 0.6) is 5.75 Å². The number of rotatable bonds is 1. The van der Waals surface area contributed by atoms with Gasteiger partial charge in [0.25, 0.3) is 5.91 Å². The average molecular weight is 258 g/mol. The molecule has 92 valence electrons. The van der Waals surface area contributed by atoms with Crippen LogP contribution in [0.1, 0.15) is 23.2 Å². The van der Waals surface area contributed by atoms with Gasteiger partial charge in [0, 0.05) is 19.2 Å². The highest BCUT2D eigenvalue weighted by Crippen LogP contribution is 2.20. The fourth-order valence-corrected chi connectivity index (χ4v) is 2.28. The summed E-state index contributed by atoms with van der Waals surface area (Å²) in [7, 11) is 0. The van der Waals surface area contributed by atoms with Crippen LogP contribution in [0.4, 0.5) is 4.39 Å². The monoisotopic (exact) mass is 257 g/mol. The highest BCUT2D eigenvalue weighted by atomic mass is 35.5. The number of piperidine rings is 1. The molecule has 1 heterocycles. The molecular formula is C12H13ClFNO2. The van der Waals surface area contributed by atoms with Gasteiger partial charge in [0.2, 0.25) is 0 Å². The van der Waals surface area contributed by atoms with Crippen LogP contribution >= 0.6 is 11.6 Å². The van der Waals surface area contributed by atoms with Crippen LogP contribution in [0.2, 0.25) is 0 Å². The van der Waals surface area contributed by atoms with Crippen molar-refractivity contribution < 1.29 is 14.3 Å². The first kappa shape index (κ1) is 12.2. The lowest BCUT2D eigenvalue weighted by Crippen LogP contribution is -2.40. The molecule has 17 heavy (non-hydrogen) atoms. The van der Waals surface area contributed by atoms with Gasteiger partial charge in [-0.1, -0.05) is 0 Å². The first-order valence-corrected chi connectivity index (χ1v) is 5.93. The van der Waals surface area contributed by atoms with Gasteiger partial charge < -0.3 is 10.0 Å². The second kappa shape index (κ2) is 4.92. The predicted octanol–water partition coefficient (Wildman–Crippen LogP) is 2.37. The normalized spacial score (nSPS) is 20.4. The molecule has 1 fully saturated rings. The first-order chi connectivity index (χ1) is 8.08. The summed E-state index contributed by atoms with van der Waals surface area (Å²) < 4.78 is 13.5. The molecule has 0 bridgehead atoms. The maximum Gasteiger partial charge on any atom is 0.256 e. The van der Waals surface area contributed by atoms with Gasteiger partial charge in [0.05, 0.1) is 10.9 Å². The third-order valence-electron chi connectivity index (χ3n) is 2.83. The zero-order valence-electron chi connectivity index (χ0n) is 9.20. The Kier molecular flexibility index (Phi) is 3.52. The SMILES string of the molecule is O=C(c1ccc(O)cc1F)N1CCCC(Cl)C1. The third-order valence-corrected chi connectivity index (χ3v) is 3.19. The maximum absolute atomic E-state index is 13.5. The zero-order valence-corrected chi connectivity index (χ0v) is 9.95. The maximum atomic E-state index is 13.5. The van der Waals surface area contributed by atoms with E-state index in [-0.39, 0.29) is 22.6 Å². The number of phenols is 1. The van der Waals surface area contributed by atoms with Crippen molar-refractivity contribution in [3.63, 3.8) is 0 Å². The molecule has 1 atom stereocenters. The molecule has 0 spiro atoms. The molecule has 3 nitrogen and oxygen atoms in total. The van der Waals surface area contributed by atoms with E-state index >= 15 is 0 Å². The Balaban J connectivity index is 2.18. The van der Waals surface area contributed by atoms with Gasteiger partial charge in [-0.15, -0.1) is 11.6 Å². The van der Waals surface area contributed by atoms with E-state index in [1.807, 2.05) is 0 Å². The van der Waals surface area contributed by atoms with Gasteiger partial charge in [-0.05, 0) is 25.0 Å². The second-order valence-corrected chi connectivity index (χ2v) is 4.77. The van der Waals surface area contributed by atoms with Crippen molar-refractivity contribution in [1.29, 1.82) is 0 Å². The van der Waals surface area contributed by atoms with E-state index in [9.17, 15) is 9.18 Å².